The molecular weight excluding hydrogens is 446 g/mol. The van der Waals surface area contributed by atoms with Gasteiger partial charge in [-0.2, -0.15) is 23.3 Å². The zero-order valence-electron chi connectivity index (χ0n) is 16.4. The van der Waals surface area contributed by atoms with Crippen molar-refractivity contribution in [1.29, 1.82) is 0 Å². The molecule has 0 aliphatic carbocycles. The van der Waals surface area contributed by atoms with Crippen LogP contribution < -0.4 is 0 Å². The molecule has 0 fully saturated rings. The number of hydrogen-bond donors (Lipinski definition) is 0. The second kappa shape index (κ2) is 7.52. The molecule has 11 heteroatoms. The van der Waals surface area contributed by atoms with E-state index in [2.05, 4.69) is 20.2 Å². The summed E-state index contributed by atoms with van der Waals surface area (Å²) in [5.74, 6) is -0.336. The molecule has 0 N–H and O–H groups in total. The molecule has 0 unspecified atom stereocenters. The van der Waals surface area contributed by atoms with E-state index >= 15 is 0 Å². The summed E-state index contributed by atoms with van der Waals surface area (Å²) in [6.07, 6.45) is -3.87. The van der Waals surface area contributed by atoms with Gasteiger partial charge in [-0.1, -0.05) is 12.1 Å². The molecule has 0 radical (unpaired) electrons. The second-order valence-corrected chi connectivity index (χ2v) is 8.04. The van der Waals surface area contributed by atoms with Crippen molar-refractivity contribution in [2.75, 3.05) is 0 Å². The average Bonchev–Trinajstić information content (AvgIpc) is 3.51. The maximum absolute atomic E-state index is 13.8. The molecule has 0 aliphatic heterocycles. The van der Waals surface area contributed by atoms with Crippen molar-refractivity contribution >= 4 is 17.0 Å². The fourth-order valence-electron chi connectivity index (χ4n) is 3.16. The van der Waals surface area contributed by atoms with E-state index in [0.29, 0.717) is 10.4 Å². The third-order valence-electron chi connectivity index (χ3n) is 4.73. The minimum absolute atomic E-state index is 0.00203. The van der Waals surface area contributed by atoms with Gasteiger partial charge in [0, 0.05) is 16.5 Å². The van der Waals surface area contributed by atoms with Crippen molar-refractivity contribution in [2.24, 2.45) is 0 Å². The van der Waals surface area contributed by atoms with Gasteiger partial charge in [-0.15, -0.1) is 11.3 Å². The third-order valence-corrected chi connectivity index (χ3v) is 5.98. The summed E-state index contributed by atoms with van der Waals surface area (Å²) >= 11 is 1.39. The Morgan fingerprint density at radius 1 is 1.00 bits per heavy atom. The molecule has 4 heterocycles. The van der Waals surface area contributed by atoms with Crippen LogP contribution in [0.5, 0.6) is 0 Å². The highest BCUT2D eigenvalue weighted by Crippen LogP contribution is 2.35. The molecule has 6 nitrogen and oxygen atoms in total. The highest BCUT2D eigenvalue weighted by molar-refractivity contribution is 7.15. The van der Waals surface area contributed by atoms with E-state index in [9.17, 15) is 17.6 Å². The molecule has 32 heavy (non-hydrogen) atoms. The zero-order valence-corrected chi connectivity index (χ0v) is 17.2. The van der Waals surface area contributed by atoms with Crippen LogP contribution in [0, 0.1) is 5.82 Å². The van der Waals surface area contributed by atoms with E-state index in [-0.39, 0.29) is 28.8 Å². The van der Waals surface area contributed by atoms with E-state index in [0.717, 1.165) is 21.9 Å². The lowest BCUT2D eigenvalue weighted by Crippen LogP contribution is -2.13. The third kappa shape index (κ3) is 3.64. The van der Waals surface area contributed by atoms with Crippen molar-refractivity contribution in [1.82, 2.24) is 24.7 Å². The number of nitrogens with zero attached hydrogens (tertiary/aromatic N) is 5. The monoisotopic (exact) mass is 459 g/mol. The number of aryl methyl sites for hydroxylation is 1. The minimum Gasteiger partial charge on any atom is -0.332 e. The Morgan fingerprint density at radius 2 is 1.78 bits per heavy atom. The summed E-state index contributed by atoms with van der Waals surface area (Å²) in [4.78, 5) is 10.2. The molecule has 0 bridgehead atoms. The number of hydrogen-bond acceptors (Lipinski definition) is 6. The first-order chi connectivity index (χ1) is 15.3. The van der Waals surface area contributed by atoms with Crippen LogP contribution in [0.1, 0.15) is 17.5 Å². The van der Waals surface area contributed by atoms with Crippen molar-refractivity contribution in [3.05, 3.63) is 64.9 Å². The van der Waals surface area contributed by atoms with Crippen molar-refractivity contribution in [3.63, 3.8) is 0 Å². The van der Waals surface area contributed by atoms with Crippen molar-refractivity contribution in [2.45, 2.75) is 19.5 Å². The van der Waals surface area contributed by atoms with Crippen LogP contribution in [0.4, 0.5) is 17.6 Å². The van der Waals surface area contributed by atoms with Gasteiger partial charge < -0.3 is 4.52 Å². The Morgan fingerprint density at radius 3 is 2.47 bits per heavy atom. The largest absolute Gasteiger partial charge is 0.433 e. The van der Waals surface area contributed by atoms with Gasteiger partial charge in [-0.25, -0.2) is 13.9 Å². The van der Waals surface area contributed by atoms with Gasteiger partial charge in [0.25, 0.3) is 5.89 Å². The zero-order chi connectivity index (χ0) is 22.5. The number of rotatable bonds is 4. The molecule has 0 amide bonds. The quantitative estimate of drug-likeness (QED) is 0.313. The number of benzene rings is 1. The first-order valence-corrected chi connectivity index (χ1v) is 10.3. The molecule has 162 valence electrons. The Kier molecular flexibility index (Phi) is 4.77. The highest BCUT2D eigenvalue weighted by Gasteiger charge is 2.36. The first-order valence-electron chi connectivity index (χ1n) is 9.49. The molecule has 5 aromatic rings. The number of fused-ring (bicyclic) bond motifs is 1. The summed E-state index contributed by atoms with van der Waals surface area (Å²) < 4.78 is 60.4. The number of halogens is 4. The Bertz CT molecular complexity index is 1420. The number of alkyl halides is 3. The summed E-state index contributed by atoms with van der Waals surface area (Å²) in [6.45, 7) is 1.97. The summed E-state index contributed by atoms with van der Waals surface area (Å²) in [5.41, 5.74) is -0.225. The van der Waals surface area contributed by atoms with Gasteiger partial charge in [0.15, 0.2) is 17.0 Å². The molecule has 0 spiro atoms. The van der Waals surface area contributed by atoms with Crippen LogP contribution in [0.2, 0.25) is 0 Å². The highest BCUT2D eigenvalue weighted by atomic mass is 32.1. The van der Waals surface area contributed by atoms with E-state index in [1.54, 1.807) is 6.07 Å². The molecule has 0 saturated heterocycles. The predicted molar refractivity (Wildman–Crippen MR) is 109 cm³/mol. The molecule has 1 aromatic carbocycles. The Labute approximate surface area is 182 Å². The average molecular weight is 459 g/mol. The maximum atomic E-state index is 13.8. The van der Waals surface area contributed by atoms with Crippen LogP contribution >= 0.6 is 11.3 Å². The lowest BCUT2D eigenvalue weighted by Gasteiger charge is -2.10. The van der Waals surface area contributed by atoms with E-state index < -0.39 is 17.7 Å². The van der Waals surface area contributed by atoms with Crippen LogP contribution in [0.15, 0.2) is 53.1 Å². The molecule has 5 rings (SSSR count). The molecular formula is C21H13F4N5OS. The topological polar surface area (TPSA) is 69.1 Å². The standard InChI is InChI=1S/C21H13F4N5OS/c1-2-13-7-8-16(32-13)14-9-17(21(23,24)25)30-18(26-14)10-15(28-30)20-27-19(29-31-20)11-3-5-12(22)6-4-11/h3-10H,2H2,1H3. The fraction of sp³-hybridized carbons (Fsp3) is 0.143. The van der Waals surface area contributed by atoms with Crippen molar-refractivity contribution in [3.8, 4) is 33.5 Å². The van der Waals surface area contributed by atoms with Crippen LogP contribution in [-0.4, -0.2) is 24.7 Å². The van der Waals surface area contributed by atoms with Gasteiger partial charge in [-0.05, 0) is 48.9 Å². The smallest absolute Gasteiger partial charge is 0.332 e. The molecule has 0 saturated carbocycles. The Hall–Kier alpha value is -3.60. The lowest BCUT2D eigenvalue weighted by atomic mass is 10.2. The van der Waals surface area contributed by atoms with Gasteiger partial charge in [0.1, 0.15) is 5.82 Å². The van der Waals surface area contributed by atoms with Crippen LogP contribution in [-0.2, 0) is 12.6 Å². The van der Waals surface area contributed by atoms with Crippen LogP contribution in [0.25, 0.3) is 39.2 Å². The Balaban J connectivity index is 1.61. The number of aromatic nitrogens is 5. The lowest BCUT2D eigenvalue weighted by molar-refractivity contribution is -0.142. The van der Waals surface area contributed by atoms with Gasteiger partial charge >= 0.3 is 6.18 Å². The summed E-state index contributed by atoms with van der Waals surface area (Å²) in [7, 11) is 0. The molecule has 0 aliphatic rings. The van der Waals surface area contributed by atoms with E-state index in [1.165, 1.54) is 41.7 Å². The van der Waals surface area contributed by atoms with Crippen molar-refractivity contribution < 1.29 is 22.1 Å². The molecule has 4 aromatic heterocycles. The SMILES string of the molecule is CCc1ccc(-c2cc(C(F)(F)F)n3nc(-c4nc(-c5ccc(F)cc5)no4)cc3n2)s1. The van der Waals surface area contributed by atoms with E-state index in [1.807, 2.05) is 13.0 Å². The van der Waals surface area contributed by atoms with E-state index in [4.69, 9.17) is 4.52 Å². The van der Waals surface area contributed by atoms with Crippen LogP contribution in [0.3, 0.4) is 0 Å². The van der Waals surface area contributed by atoms with Gasteiger partial charge in [0.05, 0.1) is 10.6 Å². The number of thiophene rings is 1. The molecule has 0 atom stereocenters. The van der Waals surface area contributed by atoms with Gasteiger partial charge in [0.2, 0.25) is 5.82 Å². The minimum atomic E-state index is -4.65. The summed E-state index contributed by atoms with van der Waals surface area (Å²) in [6, 6.07) is 11.4. The van der Waals surface area contributed by atoms with Gasteiger partial charge in [-0.3, -0.25) is 0 Å². The summed E-state index contributed by atoms with van der Waals surface area (Å²) in [5, 5.41) is 7.82. The first kappa shape index (κ1) is 20.3. The normalized spacial score (nSPS) is 12.0. The fourth-order valence-corrected chi connectivity index (χ4v) is 4.06. The second-order valence-electron chi connectivity index (χ2n) is 6.87. The predicted octanol–water partition coefficient (Wildman–Crippen LogP) is 5.90. The maximum Gasteiger partial charge on any atom is 0.433 e.